The molecule has 0 spiro atoms. The van der Waals surface area contributed by atoms with Gasteiger partial charge in [0.2, 0.25) is 0 Å². The zero-order valence-corrected chi connectivity index (χ0v) is 18.0. The van der Waals surface area contributed by atoms with E-state index in [0.29, 0.717) is 11.6 Å². The second kappa shape index (κ2) is 11.0. The van der Waals surface area contributed by atoms with Crippen molar-refractivity contribution in [1.82, 2.24) is 9.29 Å². The van der Waals surface area contributed by atoms with E-state index in [1.165, 1.54) is 18.7 Å². The van der Waals surface area contributed by atoms with Crippen LogP contribution in [0, 0.1) is 11.8 Å². The summed E-state index contributed by atoms with van der Waals surface area (Å²) in [7, 11) is 0. The molecule has 30 heavy (non-hydrogen) atoms. The average Bonchev–Trinajstić information content (AvgIpc) is 2.77. The molecule has 0 radical (unpaired) electrons. The van der Waals surface area contributed by atoms with Crippen LogP contribution in [0.1, 0.15) is 67.1 Å². The zero-order valence-electron chi connectivity index (χ0n) is 17.1. The number of hydrogen-bond donors (Lipinski definition) is 2. The fraction of sp³-hybridized carbons (Fsp3) is 0.391. The molecule has 3 rings (SSSR count). The summed E-state index contributed by atoms with van der Waals surface area (Å²) in [6.07, 6.45) is 8.16. The van der Waals surface area contributed by atoms with Gasteiger partial charge < -0.3 is 9.66 Å². The van der Waals surface area contributed by atoms with Crippen LogP contribution in [0.3, 0.4) is 0 Å². The highest BCUT2D eigenvalue weighted by atomic mass is 32.2. The Bertz CT molecular complexity index is 908. The number of anilines is 1. The Balaban J connectivity index is 1.73. The molecule has 6 nitrogen and oxygen atoms in total. The Labute approximate surface area is 181 Å². The minimum atomic E-state index is -1.32. The largest absolute Gasteiger partial charge is 0.573 e. The van der Waals surface area contributed by atoms with Crippen LogP contribution in [0.4, 0.5) is 5.69 Å². The number of hydrogen-bond acceptors (Lipinski definition) is 5. The molecule has 2 heterocycles. The Kier molecular flexibility index (Phi) is 8.14. The molecule has 0 bridgehead atoms. The third kappa shape index (κ3) is 5.99. The molecule has 1 fully saturated rings. The van der Waals surface area contributed by atoms with E-state index in [4.69, 9.17) is 5.11 Å². The van der Waals surface area contributed by atoms with Gasteiger partial charge in [-0.05, 0) is 43.5 Å². The topological polar surface area (TPSA) is 88.5 Å². The van der Waals surface area contributed by atoms with Crippen molar-refractivity contribution in [2.45, 2.75) is 51.5 Å². The van der Waals surface area contributed by atoms with E-state index in [2.05, 4.69) is 32.8 Å². The van der Waals surface area contributed by atoms with Crippen LogP contribution >= 0.6 is 0 Å². The fourth-order valence-electron chi connectivity index (χ4n) is 3.49. The van der Waals surface area contributed by atoms with Crippen LogP contribution in [0.25, 0.3) is 0 Å². The molecule has 2 N–H and O–H groups in total. The van der Waals surface area contributed by atoms with Gasteiger partial charge in [0, 0.05) is 18.3 Å². The monoisotopic (exact) mass is 425 g/mol. The highest BCUT2D eigenvalue weighted by Crippen LogP contribution is 2.26. The van der Waals surface area contributed by atoms with Gasteiger partial charge in [0.25, 0.3) is 0 Å². The van der Waals surface area contributed by atoms with Crippen LogP contribution in [-0.4, -0.2) is 37.5 Å². The summed E-state index contributed by atoms with van der Waals surface area (Å²) in [6, 6.07) is 10.9. The maximum absolute atomic E-state index is 13.1. The molecule has 7 heteroatoms. The van der Waals surface area contributed by atoms with Crippen LogP contribution in [-0.2, 0) is 11.5 Å². The lowest BCUT2D eigenvalue weighted by Gasteiger charge is -2.34. The molecule has 1 aromatic carbocycles. The Morgan fingerprint density at radius 1 is 1.30 bits per heavy atom. The van der Waals surface area contributed by atoms with Gasteiger partial charge >= 0.3 is 5.97 Å². The van der Waals surface area contributed by atoms with Crippen molar-refractivity contribution >= 4 is 23.2 Å². The fourth-order valence-corrected chi connectivity index (χ4v) is 4.75. The number of nitrogens with one attached hydrogen (secondary N) is 1. The van der Waals surface area contributed by atoms with Crippen LogP contribution in [0.5, 0.6) is 0 Å². The SMILES string of the molecule is CCCCC1CCCCN1[S+]([O-])Nc1ccccc1C#Cc1ccc(C(=O)O)nc1. The molecule has 1 aliphatic rings. The summed E-state index contributed by atoms with van der Waals surface area (Å²) in [5, 5.41) is 8.94. The van der Waals surface area contributed by atoms with Gasteiger partial charge in [-0.3, -0.25) is 0 Å². The number of nitrogens with zero attached hydrogens (tertiary/aromatic N) is 2. The number of benzene rings is 1. The summed E-state index contributed by atoms with van der Waals surface area (Å²) >= 11 is -1.32. The van der Waals surface area contributed by atoms with E-state index >= 15 is 0 Å². The summed E-state index contributed by atoms with van der Waals surface area (Å²) in [5.74, 6) is 5.01. The molecule has 0 aliphatic carbocycles. The molecular formula is C23H27N3O3S. The standard InChI is InChI=1S/C23H27N3O3S/c1-2-3-9-20-10-6-7-16-26(20)30(29)25-21-11-5-4-8-19(21)14-12-18-13-15-22(23(27)28)24-17-18/h4-5,8,11,13,15,17,20,25H,2-3,6-7,9-10,16H2,1H3,(H,27,28). The number of piperidine rings is 1. The predicted octanol–water partition coefficient (Wildman–Crippen LogP) is 4.21. The first-order valence-electron chi connectivity index (χ1n) is 10.3. The summed E-state index contributed by atoms with van der Waals surface area (Å²) in [4.78, 5) is 14.8. The molecule has 1 saturated heterocycles. The number of rotatable bonds is 7. The Morgan fingerprint density at radius 3 is 2.87 bits per heavy atom. The Hall–Kier alpha value is -2.53. The number of aromatic carboxylic acids is 1. The van der Waals surface area contributed by atoms with Gasteiger partial charge in [-0.1, -0.05) is 50.2 Å². The molecule has 1 aliphatic heterocycles. The first kappa shape index (κ1) is 22.2. The minimum absolute atomic E-state index is 0.0165. The number of carboxylic acids is 1. The van der Waals surface area contributed by atoms with Gasteiger partial charge in [-0.25, -0.2) is 9.78 Å². The van der Waals surface area contributed by atoms with E-state index in [1.54, 1.807) is 6.07 Å². The van der Waals surface area contributed by atoms with Crippen molar-refractivity contribution in [3.8, 4) is 11.8 Å². The van der Waals surface area contributed by atoms with Crippen molar-refractivity contribution in [2.24, 2.45) is 0 Å². The second-order valence-electron chi connectivity index (χ2n) is 7.32. The minimum Gasteiger partial charge on any atom is -0.573 e. The number of para-hydroxylation sites is 1. The quantitative estimate of drug-likeness (QED) is 0.510. The van der Waals surface area contributed by atoms with Gasteiger partial charge in [-0.15, -0.1) is 4.31 Å². The normalized spacial score (nSPS) is 17.6. The van der Waals surface area contributed by atoms with E-state index in [9.17, 15) is 9.35 Å². The molecule has 158 valence electrons. The second-order valence-corrected chi connectivity index (χ2v) is 8.49. The molecular weight excluding hydrogens is 398 g/mol. The molecule has 2 aromatic rings. The molecule has 2 unspecified atom stereocenters. The van der Waals surface area contributed by atoms with Gasteiger partial charge in [0.15, 0.2) is 11.5 Å². The van der Waals surface area contributed by atoms with Gasteiger partial charge in [0.05, 0.1) is 17.3 Å². The molecule has 1 aromatic heterocycles. The summed E-state index contributed by atoms with van der Waals surface area (Å²) in [5.41, 5.74) is 2.05. The number of carboxylic acid groups (broad SMARTS) is 1. The molecule has 0 amide bonds. The lowest BCUT2D eigenvalue weighted by molar-refractivity contribution is 0.0690. The first-order chi connectivity index (χ1) is 14.6. The van der Waals surface area contributed by atoms with Gasteiger partial charge in [0.1, 0.15) is 5.69 Å². The maximum atomic E-state index is 13.1. The summed E-state index contributed by atoms with van der Waals surface area (Å²) < 4.78 is 18.3. The van der Waals surface area contributed by atoms with E-state index in [0.717, 1.165) is 49.9 Å². The number of carbonyl (C=O) groups is 1. The third-order valence-electron chi connectivity index (χ3n) is 5.13. The molecule has 2 atom stereocenters. The third-order valence-corrected chi connectivity index (χ3v) is 6.43. The number of unbranched alkanes of at least 4 members (excludes halogenated alkanes) is 1. The van der Waals surface area contributed by atoms with Crippen molar-refractivity contribution in [3.63, 3.8) is 0 Å². The lowest BCUT2D eigenvalue weighted by Crippen LogP contribution is -2.46. The van der Waals surface area contributed by atoms with Crippen molar-refractivity contribution in [1.29, 1.82) is 0 Å². The predicted molar refractivity (Wildman–Crippen MR) is 119 cm³/mol. The zero-order chi connectivity index (χ0) is 21.3. The lowest BCUT2D eigenvalue weighted by atomic mass is 10.00. The van der Waals surface area contributed by atoms with Gasteiger partial charge in [-0.2, -0.15) is 4.72 Å². The number of pyridine rings is 1. The van der Waals surface area contributed by atoms with Crippen LogP contribution in [0.2, 0.25) is 0 Å². The van der Waals surface area contributed by atoms with Crippen LogP contribution in [0.15, 0.2) is 42.6 Å². The van der Waals surface area contributed by atoms with Crippen LogP contribution < -0.4 is 4.72 Å². The Morgan fingerprint density at radius 2 is 2.13 bits per heavy atom. The maximum Gasteiger partial charge on any atom is 0.354 e. The molecule has 0 saturated carbocycles. The highest BCUT2D eigenvalue weighted by Gasteiger charge is 2.32. The smallest absolute Gasteiger partial charge is 0.354 e. The summed E-state index contributed by atoms with van der Waals surface area (Å²) in [6.45, 7) is 3.02. The van der Waals surface area contributed by atoms with Crippen molar-refractivity contribution < 1.29 is 14.5 Å². The van der Waals surface area contributed by atoms with Crippen molar-refractivity contribution in [3.05, 3.63) is 59.4 Å². The first-order valence-corrected chi connectivity index (χ1v) is 11.4. The van der Waals surface area contributed by atoms with E-state index in [-0.39, 0.29) is 5.69 Å². The average molecular weight is 426 g/mol. The van der Waals surface area contributed by atoms with Crippen molar-refractivity contribution in [2.75, 3.05) is 11.3 Å². The number of aromatic nitrogens is 1. The van der Waals surface area contributed by atoms with E-state index < -0.39 is 17.5 Å². The highest BCUT2D eigenvalue weighted by molar-refractivity contribution is 7.90. The van der Waals surface area contributed by atoms with E-state index in [1.807, 2.05) is 24.3 Å².